The summed E-state index contributed by atoms with van der Waals surface area (Å²) in [5, 5.41) is 2.79. The maximum atomic E-state index is 12.4. The minimum Gasteiger partial charge on any atom is -0.496 e. The Labute approximate surface area is 168 Å². The lowest BCUT2D eigenvalue weighted by Crippen LogP contribution is -2.15. The Bertz CT molecular complexity index is 1010. The molecule has 3 rings (SSSR count). The number of oxazole rings is 1. The summed E-state index contributed by atoms with van der Waals surface area (Å²) in [5.74, 6) is 0.982. The molecule has 0 aliphatic carbocycles. The van der Waals surface area contributed by atoms with E-state index in [0.29, 0.717) is 41.0 Å². The van der Waals surface area contributed by atoms with Crippen molar-refractivity contribution in [1.29, 1.82) is 0 Å². The fourth-order valence-corrected chi connectivity index (χ4v) is 2.79. The molecule has 0 atom stereocenters. The first-order chi connectivity index (χ1) is 14.0. The second-order valence-electron chi connectivity index (χ2n) is 6.24. The number of nitrogens with zero attached hydrogens (tertiary/aromatic N) is 1. The molecule has 0 spiro atoms. The molecule has 150 valence electrons. The Hall–Kier alpha value is -3.61. The van der Waals surface area contributed by atoms with Gasteiger partial charge in [0, 0.05) is 5.69 Å². The topological polar surface area (TPSA) is 90.7 Å². The zero-order chi connectivity index (χ0) is 20.8. The lowest BCUT2D eigenvalue weighted by molar-refractivity contribution is -0.115. The molecule has 29 heavy (non-hydrogen) atoms. The molecule has 0 saturated carbocycles. The fraction of sp³-hybridized carbons (Fsp3) is 0.227. The normalized spacial score (nSPS) is 10.4. The van der Waals surface area contributed by atoms with Crippen LogP contribution in [0.3, 0.4) is 0 Å². The van der Waals surface area contributed by atoms with Crippen LogP contribution in [0.4, 0.5) is 5.69 Å². The van der Waals surface area contributed by atoms with E-state index in [9.17, 15) is 9.59 Å². The number of ether oxygens (including phenoxy) is 2. The van der Waals surface area contributed by atoms with Gasteiger partial charge >= 0.3 is 5.97 Å². The van der Waals surface area contributed by atoms with Crippen LogP contribution in [-0.4, -0.2) is 30.6 Å². The number of methoxy groups -OCH3 is 1. The van der Waals surface area contributed by atoms with Crippen molar-refractivity contribution in [2.75, 3.05) is 19.0 Å². The highest BCUT2D eigenvalue weighted by Crippen LogP contribution is 2.30. The number of hydrogen-bond acceptors (Lipinski definition) is 6. The number of para-hydroxylation sites is 1. The molecule has 0 unspecified atom stereocenters. The number of carbonyl (C=O) groups is 2. The van der Waals surface area contributed by atoms with Crippen molar-refractivity contribution in [3.8, 4) is 17.2 Å². The summed E-state index contributed by atoms with van der Waals surface area (Å²) in [6.07, 6.45) is 0.0596. The maximum Gasteiger partial charge on any atom is 0.338 e. The Morgan fingerprint density at radius 1 is 1.10 bits per heavy atom. The monoisotopic (exact) mass is 394 g/mol. The molecule has 0 aliphatic rings. The van der Waals surface area contributed by atoms with Crippen molar-refractivity contribution in [1.82, 2.24) is 4.98 Å². The molecule has 2 aromatic carbocycles. The number of aromatic nitrogens is 1. The zero-order valence-corrected chi connectivity index (χ0v) is 16.5. The Morgan fingerprint density at radius 3 is 2.52 bits per heavy atom. The van der Waals surface area contributed by atoms with E-state index >= 15 is 0 Å². The molecule has 0 fully saturated rings. The van der Waals surface area contributed by atoms with Gasteiger partial charge in [0.2, 0.25) is 11.8 Å². The molecular formula is C22H22N2O5. The number of carbonyl (C=O) groups excluding carboxylic acids is 2. The smallest absolute Gasteiger partial charge is 0.338 e. The predicted molar refractivity (Wildman–Crippen MR) is 108 cm³/mol. The minimum absolute atomic E-state index is 0.0596. The molecule has 7 heteroatoms. The third-order valence-electron chi connectivity index (χ3n) is 4.24. The van der Waals surface area contributed by atoms with Gasteiger partial charge < -0.3 is 19.2 Å². The van der Waals surface area contributed by atoms with E-state index in [4.69, 9.17) is 13.9 Å². The number of nitrogens with one attached hydrogen (secondary N) is 1. The van der Waals surface area contributed by atoms with Crippen LogP contribution in [0.15, 0.2) is 52.9 Å². The summed E-state index contributed by atoms with van der Waals surface area (Å²) in [4.78, 5) is 28.6. The highest BCUT2D eigenvalue weighted by Gasteiger charge is 2.17. The van der Waals surface area contributed by atoms with Crippen LogP contribution in [0.1, 0.15) is 28.7 Å². The Balaban J connectivity index is 1.68. The molecule has 0 radical (unpaired) electrons. The Kier molecular flexibility index (Phi) is 6.29. The SMILES string of the molecule is CCOC(=O)c1ccc(NC(=O)Cc2nc(-c3ccccc3OC)oc2C)cc1. The molecule has 0 saturated heterocycles. The van der Waals surface area contributed by atoms with E-state index in [0.717, 1.165) is 5.56 Å². The van der Waals surface area contributed by atoms with Crippen LogP contribution < -0.4 is 10.1 Å². The van der Waals surface area contributed by atoms with Crippen LogP contribution in [0.25, 0.3) is 11.5 Å². The molecule has 7 nitrogen and oxygen atoms in total. The van der Waals surface area contributed by atoms with Gasteiger partial charge in [-0.3, -0.25) is 4.79 Å². The van der Waals surface area contributed by atoms with Gasteiger partial charge in [0.1, 0.15) is 11.5 Å². The van der Waals surface area contributed by atoms with Gasteiger partial charge in [0.25, 0.3) is 0 Å². The minimum atomic E-state index is -0.396. The highest BCUT2D eigenvalue weighted by molar-refractivity contribution is 5.94. The van der Waals surface area contributed by atoms with Crippen molar-refractivity contribution in [3.05, 3.63) is 65.5 Å². The third-order valence-corrected chi connectivity index (χ3v) is 4.24. The molecule has 3 aromatic rings. The van der Waals surface area contributed by atoms with Crippen molar-refractivity contribution < 1.29 is 23.5 Å². The van der Waals surface area contributed by atoms with E-state index in [1.807, 2.05) is 24.3 Å². The lowest BCUT2D eigenvalue weighted by Gasteiger charge is -2.06. The summed E-state index contributed by atoms with van der Waals surface area (Å²) in [7, 11) is 1.58. The van der Waals surface area contributed by atoms with Crippen molar-refractivity contribution in [2.24, 2.45) is 0 Å². The van der Waals surface area contributed by atoms with Crippen LogP contribution in [0.5, 0.6) is 5.75 Å². The van der Waals surface area contributed by atoms with E-state index in [1.54, 1.807) is 45.2 Å². The number of esters is 1. The van der Waals surface area contributed by atoms with Gasteiger partial charge in [-0.15, -0.1) is 0 Å². The molecule has 1 N–H and O–H groups in total. The molecule has 1 amide bonds. The van der Waals surface area contributed by atoms with Gasteiger partial charge in [-0.05, 0) is 50.2 Å². The molecule has 0 aliphatic heterocycles. The molecule has 1 aromatic heterocycles. The first-order valence-corrected chi connectivity index (χ1v) is 9.18. The molecule has 1 heterocycles. The van der Waals surface area contributed by atoms with Crippen LogP contribution in [0, 0.1) is 6.92 Å². The second kappa shape index (κ2) is 9.05. The maximum absolute atomic E-state index is 12.4. The first kappa shape index (κ1) is 20.1. The second-order valence-corrected chi connectivity index (χ2v) is 6.24. The number of anilines is 1. The van der Waals surface area contributed by atoms with Crippen molar-refractivity contribution >= 4 is 17.6 Å². The van der Waals surface area contributed by atoms with Gasteiger partial charge in [-0.2, -0.15) is 0 Å². The number of amides is 1. The third kappa shape index (κ3) is 4.82. The van der Waals surface area contributed by atoms with Gasteiger partial charge in [0.05, 0.1) is 37.0 Å². The van der Waals surface area contributed by atoms with Crippen LogP contribution in [0.2, 0.25) is 0 Å². The number of aryl methyl sites for hydroxylation is 1. The summed E-state index contributed by atoms with van der Waals surface area (Å²) < 4.78 is 16.0. The summed E-state index contributed by atoms with van der Waals surface area (Å²) in [5.41, 5.74) is 2.28. The average Bonchev–Trinajstić information content (AvgIpc) is 3.08. The fourth-order valence-electron chi connectivity index (χ4n) is 2.79. The van der Waals surface area contributed by atoms with Crippen molar-refractivity contribution in [3.63, 3.8) is 0 Å². The van der Waals surface area contributed by atoms with E-state index in [-0.39, 0.29) is 12.3 Å². The zero-order valence-electron chi connectivity index (χ0n) is 16.5. The summed E-state index contributed by atoms with van der Waals surface area (Å²) in [6.45, 7) is 3.82. The average molecular weight is 394 g/mol. The largest absolute Gasteiger partial charge is 0.496 e. The summed E-state index contributed by atoms with van der Waals surface area (Å²) >= 11 is 0. The quantitative estimate of drug-likeness (QED) is 0.609. The first-order valence-electron chi connectivity index (χ1n) is 9.18. The standard InChI is InChI=1S/C22H22N2O5/c1-4-28-22(26)15-9-11-16(12-10-15)23-20(25)13-18-14(2)29-21(24-18)17-7-5-6-8-19(17)27-3/h5-12H,4,13H2,1-3H3,(H,23,25). The van der Waals surface area contributed by atoms with Crippen molar-refractivity contribution in [2.45, 2.75) is 20.3 Å². The number of benzene rings is 2. The molecule has 0 bridgehead atoms. The van der Waals surface area contributed by atoms with Gasteiger partial charge in [-0.25, -0.2) is 9.78 Å². The van der Waals surface area contributed by atoms with Crippen LogP contribution in [-0.2, 0) is 16.0 Å². The highest BCUT2D eigenvalue weighted by atomic mass is 16.5. The van der Waals surface area contributed by atoms with E-state index in [1.165, 1.54) is 0 Å². The predicted octanol–water partition coefficient (Wildman–Crippen LogP) is 4.02. The molecular weight excluding hydrogens is 372 g/mol. The summed E-state index contributed by atoms with van der Waals surface area (Å²) in [6, 6.07) is 13.9. The Morgan fingerprint density at radius 2 is 1.83 bits per heavy atom. The van der Waals surface area contributed by atoms with Gasteiger partial charge in [0.15, 0.2) is 0 Å². The van der Waals surface area contributed by atoms with Gasteiger partial charge in [-0.1, -0.05) is 12.1 Å². The lowest BCUT2D eigenvalue weighted by atomic mass is 10.2. The van der Waals surface area contributed by atoms with E-state index in [2.05, 4.69) is 10.3 Å². The van der Waals surface area contributed by atoms with Crippen LogP contribution >= 0.6 is 0 Å². The number of rotatable bonds is 7. The van der Waals surface area contributed by atoms with E-state index < -0.39 is 5.97 Å². The number of hydrogen-bond donors (Lipinski definition) is 1.